The van der Waals surface area contributed by atoms with Crippen molar-refractivity contribution in [2.75, 3.05) is 11.1 Å². The van der Waals surface area contributed by atoms with Crippen LogP contribution in [0, 0.1) is 0 Å². The molecule has 0 spiro atoms. The van der Waals surface area contributed by atoms with Crippen molar-refractivity contribution < 1.29 is 0 Å². The minimum atomic E-state index is 0.267. The van der Waals surface area contributed by atoms with E-state index in [1.165, 1.54) is 0 Å². The van der Waals surface area contributed by atoms with Crippen LogP contribution in [0.4, 0.5) is 17.5 Å². The van der Waals surface area contributed by atoms with Crippen molar-refractivity contribution in [2.24, 2.45) is 0 Å². The Kier molecular flexibility index (Phi) is 3.42. The summed E-state index contributed by atoms with van der Waals surface area (Å²) in [5.74, 6) is 0.978. The number of benzene rings is 1. The zero-order chi connectivity index (χ0) is 13.4. The highest BCUT2D eigenvalue weighted by Crippen LogP contribution is 2.32. The van der Waals surface area contributed by atoms with Crippen LogP contribution in [0.1, 0.15) is 0 Å². The number of thiophene rings is 1. The van der Waals surface area contributed by atoms with Crippen molar-refractivity contribution in [2.45, 2.75) is 0 Å². The van der Waals surface area contributed by atoms with Gasteiger partial charge in [-0.3, -0.25) is 0 Å². The van der Waals surface area contributed by atoms with Crippen LogP contribution in [0.3, 0.4) is 0 Å². The molecule has 0 fully saturated rings. The Hall–Kier alpha value is -1.18. The number of aromatic nitrogens is 2. The molecule has 3 N–H and O–H groups in total. The topological polar surface area (TPSA) is 63.8 Å². The molecule has 2 heterocycles. The molecule has 3 rings (SSSR count). The fourth-order valence-electron chi connectivity index (χ4n) is 1.69. The number of hydrogen-bond donors (Lipinski definition) is 2. The van der Waals surface area contributed by atoms with Crippen molar-refractivity contribution in [3.05, 3.63) is 38.6 Å². The highest BCUT2D eigenvalue weighted by molar-refractivity contribution is 9.11. The predicted octanol–water partition coefficient (Wildman–Crippen LogP) is 4.54. The molecule has 0 radical (unpaired) electrons. The Morgan fingerprint density at radius 3 is 2.84 bits per heavy atom. The molecule has 0 aliphatic carbocycles. The molecule has 1 aromatic carbocycles. The number of hydrogen-bond acceptors (Lipinski definition) is 5. The molecule has 19 heavy (non-hydrogen) atoms. The average molecular weight is 400 g/mol. The number of nitrogens with one attached hydrogen (secondary N) is 1. The quantitative estimate of drug-likeness (QED) is 0.663. The van der Waals surface area contributed by atoms with Crippen LogP contribution >= 0.6 is 43.2 Å². The van der Waals surface area contributed by atoms with Gasteiger partial charge in [-0.2, -0.15) is 4.98 Å². The number of nitrogens with two attached hydrogens (primary N) is 1. The molecular weight excluding hydrogens is 392 g/mol. The normalized spacial score (nSPS) is 10.8. The number of nitrogen functional groups attached to an aromatic ring is 1. The first-order valence-electron chi connectivity index (χ1n) is 5.36. The second-order valence-corrected chi connectivity index (χ2v) is 6.48. The molecule has 0 aliphatic heterocycles. The summed E-state index contributed by atoms with van der Waals surface area (Å²) in [4.78, 5) is 9.34. The van der Waals surface area contributed by atoms with Crippen molar-refractivity contribution in [3.8, 4) is 0 Å². The summed E-state index contributed by atoms with van der Waals surface area (Å²) in [6, 6.07) is 7.87. The minimum Gasteiger partial charge on any atom is -0.368 e. The van der Waals surface area contributed by atoms with Gasteiger partial charge in [0.2, 0.25) is 5.95 Å². The Labute approximate surface area is 130 Å². The lowest BCUT2D eigenvalue weighted by Crippen LogP contribution is -2.00. The van der Waals surface area contributed by atoms with Gasteiger partial charge in [-0.15, -0.1) is 11.3 Å². The van der Waals surface area contributed by atoms with Gasteiger partial charge in [0.1, 0.15) is 10.6 Å². The van der Waals surface area contributed by atoms with Crippen molar-refractivity contribution in [1.29, 1.82) is 0 Å². The van der Waals surface area contributed by atoms with Crippen molar-refractivity contribution in [3.63, 3.8) is 0 Å². The summed E-state index contributed by atoms with van der Waals surface area (Å²) in [6.07, 6.45) is 0. The zero-order valence-corrected chi connectivity index (χ0v) is 13.5. The average Bonchev–Trinajstić information content (AvgIpc) is 2.82. The lowest BCUT2D eigenvalue weighted by atomic mass is 10.3. The summed E-state index contributed by atoms with van der Waals surface area (Å²) in [6.45, 7) is 0. The summed E-state index contributed by atoms with van der Waals surface area (Å²) >= 11 is 8.50. The second-order valence-electron chi connectivity index (χ2n) is 3.82. The van der Waals surface area contributed by atoms with E-state index in [1.807, 2.05) is 29.6 Å². The molecule has 3 aromatic rings. The summed E-state index contributed by atoms with van der Waals surface area (Å²) in [5, 5.41) is 6.22. The number of fused-ring (bicyclic) bond motifs is 1. The Bertz CT molecular complexity index is 757. The lowest BCUT2D eigenvalue weighted by molar-refractivity contribution is 1.24. The van der Waals surface area contributed by atoms with Crippen molar-refractivity contribution >= 4 is 70.9 Å². The van der Waals surface area contributed by atoms with E-state index < -0.39 is 0 Å². The number of halogens is 2. The van der Waals surface area contributed by atoms with Gasteiger partial charge < -0.3 is 11.1 Å². The third-order valence-electron chi connectivity index (χ3n) is 2.52. The molecule has 0 amide bonds. The van der Waals surface area contributed by atoms with Gasteiger partial charge in [-0.25, -0.2) is 4.98 Å². The minimum absolute atomic E-state index is 0.267. The molecular formula is C12H8Br2N4S. The Balaban J connectivity index is 2.10. The fraction of sp³-hybridized carbons (Fsp3) is 0. The highest BCUT2D eigenvalue weighted by atomic mass is 79.9. The van der Waals surface area contributed by atoms with Gasteiger partial charge in [0.05, 0.1) is 11.1 Å². The molecule has 2 aromatic heterocycles. The fourth-order valence-corrected chi connectivity index (χ4v) is 3.17. The third kappa shape index (κ3) is 2.58. The maximum absolute atomic E-state index is 5.73. The van der Waals surface area contributed by atoms with Gasteiger partial charge in [-0.05, 0) is 45.6 Å². The molecule has 0 bridgehead atoms. The van der Waals surface area contributed by atoms with Gasteiger partial charge in [-0.1, -0.05) is 15.9 Å². The van der Waals surface area contributed by atoms with E-state index in [2.05, 4.69) is 47.1 Å². The van der Waals surface area contributed by atoms with E-state index in [4.69, 9.17) is 5.73 Å². The Morgan fingerprint density at radius 2 is 2.00 bits per heavy atom. The number of rotatable bonds is 2. The van der Waals surface area contributed by atoms with Crippen LogP contribution in [-0.2, 0) is 0 Å². The smallest absolute Gasteiger partial charge is 0.223 e. The van der Waals surface area contributed by atoms with E-state index in [-0.39, 0.29) is 5.95 Å². The van der Waals surface area contributed by atoms with E-state index in [1.54, 1.807) is 11.3 Å². The standard InChI is InChI=1S/C12H8Br2N4S/c13-6-1-2-8(14)9(5-6)16-10-7-3-4-19-11(7)18-12(15)17-10/h1-5H,(H3,15,16,17,18). The molecule has 96 valence electrons. The number of anilines is 3. The van der Waals surface area contributed by atoms with Crippen LogP contribution in [0.25, 0.3) is 10.2 Å². The molecule has 0 aliphatic rings. The summed E-state index contributed by atoms with van der Waals surface area (Å²) < 4.78 is 1.94. The third-order valence-corrected chi connectivity index (χ3v) is 4.52. The maximum Gasteiger partial charge on any atom is 0.223 e. The first-order valence-corrected chi connectivity index (χ1v) is 7.83. The van der Waals surface area contributed by atoms with Crippen LogP contribution in [0.2, 0.25) is 0 Å². The van der Waals surface area contributed by atoms with Crippen LogP contribution in [0.5, 0.6) is 0 Å². The van der Waals surface area contributed by atoms with Gasteiger partial charge in [0, 0.05) is 8.95 Å². The van der Waals surface area contributed by atoms with Crippen LogP contribution < -0.4 is 11.1 Å². The molecule has 0 saturated heterocycles. The summed E-state index contributed by atoms with van der Waals surface area (Å²) in [5.41, 5.74) is 6.65. The van der Waals surface area contributed by atoms with Gasteiger partial charge in [0.15, 0.2) is 0 Å². The van der Waals surface area contributed by atoms with E-state index in [0.717, 1.165) is 24.8 Å². The molecule has 0 saturated carbocycles. The van der Waals surface area contributed by atoms with Gasteiger partial charge >= 0.3 is 0 Å². The van der Waals surface area contributed by atoms with E-state index in [9.17, 15) is 0 Å². The van der Waals surface area contributed by atoms with Crippen LogP contribution in [-0.4, -0.2) is 9.97 Å². The second kappa shape index (κ2) is 5.07. The summed E-state index contributed by atoms with van der Waals surface area (Å²) in [7, 11) is 0. The molecule has 0 atom stereocenters. The molecule has 7 heteroatoms. The SMILES string of the molecule is Nc1nc(Nc2cc(Br)ccc2Br)c2ccsc2n1. The molecule has 4 nitrogen and oxygen atoms in total. The lowest BCUT2D eigenvalue weighted by Gasteiger charge is -2.09. The van der Waals surface area contributed by atoms with Crippen LogP contribution in [0.15, 0.2) is 38.6 Å². The first-order chi connectivity index (χ1) is 9.13. The monoisotopic (exact) mass is 398 g/mol. The van der Waals surface area contributed by atoms with E-state index >= 15 is 0 Å². The van der Waals surface area contributed by atoms with Crippen molar-refractivity contribution in [1.82, 2.24) is 9.97 Å². The largest absolute Gasteiger partial charge is 0.368 e. The Morgan fingerprint density at radius 1 is 1.16 bits per heavy atom. The first kappa shape index (κ1) is 12.8. The highest BCUT2D eigenvalue weighted by Gasteiger charge is 2.09. The number of nitrogens with zero attached hydrogens (tertiary/aromatic N) is 2. The zero-order valence-electron chi connectivity index (χ0n) is 9.52. The van der Waals surface area contributed by atoms with E-state index in [0.29, 0.717) is 5.82 Å². The molecule has 0 unspecified atom stereocenters. The predicted molar refractivity (Wildman–Crippen MR) is 87.0 cm³/mol. The maximum atomic E-state index is 5.73. The van der Waals surface area contributed by atoms with Gasteiger partial charge in [0.25, 0.3) is 0 Å².